The molecule has 1 N–H and O–H groups in total. The van der Waals surface area contributed by atoms with E-state index in [-0.39, 0.29) is 5.91 Å². The highest BCUT2D eigenvalue weighted by atomic mass is 35.5. The van der Waals surface area contributed by atoms with E-state index in [2.05, 4.69) is 15.3 Å². The molecule has 1 amide bonds. The Balaban J connectivity index is 1.62. The lowest BCUT2D eigenvalue weighted by molar-refractivity contribution is 0.0880. The van der Waals surface area contributed by atoms with E-state index in [0.29, 0.717) is 23.1 Å². The summed E-state index contributed by atoms with van der Waals surface area (Å²) in [7, 11) is 0. The van der Waals surface area contributed by atoms with Crippen LogP contribution in [-0.4, -0.2) is 28.0 Å². The minimum Gasteiger partial charge on any atom is -0.491 e. The van der Waals surface area contributed by atoms with Crippen LogP contribution in [-0.2, 0) is 12.8 Å². The fourth-order valence-electron chi connectivity index (χ4n) is 2.70. The van der Waals surface area contributed by atoms with Crippen LogP contribution >= 0.6 is 11.6 Å². The van der Waals surface area contributed by atoms with Crippen LogP contribution in [0.3, 0.4) is 0 Å². The average molecular weight is 346 g/mol. The molecule has 126 valence electrons. The number of rotatable bonds is 5. The third-order valence-electron chi connectivity index (χ3n) is 3.93. The first-order valence-corrected chi connectivity index (χ1v) is 8.35. The molecule has 0 spiro atoms. The van der Waals surface area contributed by atoms with Crippen molar-refractivity contribution in [2.24, 2.45) is 0 Å². The van der Waals surface area contributed by atoms with Crippen LogP contribution in [0.2, 0.25) is 5.15 Å². The number of fused-ring (bicyclic) bond motifs is 1. The van der Waals surface area contributed by atoms with Crippen molar-refractivity contribution >= 4 is 17.5 Å². The highest BCUT2D eigenvalue weighted by molar-refractivity contribution is 6.29. The van der Waals surface area contributed by atoms with Crippen LogP contribution < -0.4 is 10.1 Å². The van der Waals surface area contributed by atoms with E-state index in [1.54, 1.807) is 24.5 Å². The van der Waals surface area contributed by atoms with Crippen LogP contribution in [0, 0.1) is 0 Å². The summed E-state index contributed by atoms with van der Waals surface area (Å²) in [5.74, 6) is 0.482. The zero-order valence-electron chi connectivity index (χ0n) is 13.8. The molecule has 0 bridgehead atoms. The number of nitrogens with one attached hydrogen (secondary N) is 1. The third-order valence-corrected chi connectivity index (χ3v) is 4.14. The van der Waals surface area contributed by atoms with Gasteiger partial charge in [-0.3, -0.25) is 9.78 Å². The maximum Gasteiger partial charge on any atom is 0.253 e. The van der Waals surface area contributed by atoms with Gasteiger partial charge in [-0.15, -0.1) is 0 Å². The summed E-state index contributed by atoms with van der Waals surface area (Å²) in [4.78, 5) is 20.8. The zero-order valence-corrected chi connectivity index (χ0v) is 14.6. The lowest BCUT2D eigenvalue weighted by Crippen LogP contribution is -2.47. The first-order chi connectivity index (χ1) is 11.4. The number of carbonyl (C=O) groups excluding carboxylic acids is 1. The highest BCUT2D eigenvalue weighted by Gasteiger charge is 2.23. The second kappa shape index (κ2) is 6.77. The van der Waals surface area contributed by atoms with Crippen molar-refractivity contribution in [2.75, 3.05) is 6.61 Å². The Bertz CT molecular complexity index is 762. The molecule has 0 fully saturated rings. The van der Waals surface area contributed by atoms with E-state index in [0.717, 1.165) is 25.0 Å². The fraction of sp³-hybridized carbons (Fsp3) is 0.389. The number of aryl methyl sites for hydroxylation is 2. The van der Waals surface area contributed by atoms with Crippen molar-refractivity contribution in [3.05, 3.63) is 52.6 Å². The summed E-state index contributed by atoms with van der Waals surface area (Å²) >= 11 is 5.84. The number of hydrogen-bond donors (Lipinski definition) is 1. The van der Waals surface area contributed by atoms with Crippen LogP contribution in [0.25, 0.3) is 0 Å². The molecule has 2 aromatic rings. The molecule has 2 heterocycles. The molecule has 5 nitrogen and oxygen atoms in total. The van der Waals surface area contributed by atoms with E-state index in [4.69, 9.17) is 16.3 Å². The van der Waals surface area contributed by atoms with Crippen molar-refractivity contribution in [1.82, 2.24) is 15.3 Å². The van der Waals surface area contributed by atoms with Crippen LogP contribution in [0.15, 0.2) is 30.6 Å². The standard InChI is InChI=1S/C18H20ClN3O2/c1-18(2,11-24-14-6-7-20-16(19)9-14)22-17(23)13-8-12-4-3-5-15(12)21-10-13/h6-10H,3-5,11H2,1-2H3,(H,22,23). The van der Waals surface area contributed by atoms with Crippen molar-refractivity contribution < 1.29 is 9.53 Å². The van der Waals surface area contributed by atoms with Gasteiger partial charge >= 0.3 is 0 Å². The third kappa shape index (κ3) is 4.03. The predicted octanol–water partition coefficient (Wildman–Crippen LogP) is 3.21. The summed E-state index contributed by atoms with van der Waals surface area (Å²) in [5, 5.41) is 3.37. The maximum atomic E-state index is 12.5. The molecule has 0 aliphatic heterocycles. The molecular weight excluding hydrogens is 326 g/mol. The number of pyridine rings is 2. The lowest BCUT2D eigenvalue weighted by atomic mass is 10.1. The van der Waals surface area contributed by atoms with E-state index >= 15 is 0 Å². The highest BCUT2D eigenvalue weighted by Crippen LogP contribution is 2.21. The number of nitrogens with zero attached hydrogens (tertiary/aromatic N) is 2. The van der Waals surface area contributed by atoms with Crippen LogP contribution in [0.4, 0.5) is 0 Å². The minimum atomic E-state index is -0.536. The van der Waals surface area contributed by atoms with Gasteiger partial charge in [-0.2, -0.15) is 0 Å². The normalized spacial score (nSPS) is 13.5. The lowest BCUT2D eigenvalue weighted by Gasteiger charge is -2.26. The minimum absolute atomic E-state index is 0.140. The fourth-order valence-corrected chi connectivity index (χ4v) is 2.87. The molecule has 0 saturated heterocycles. The van der Waals surface area contributed by atoms with Gasteiger partial charge in [0.05, 0.1) is 11.1 Å². The molecule has 3 rings (SSSR count). The molecule has 2 aromatic heterocycles. The van der Waals surface area contributed by atoms with Crippen molar-refractivity contribution in [1.29, 1.82) is 0 Å². The van der Waals surface area contributed by atoms with Gasteiger partial charge in [0.2, 0.25) is 0 Å². The predicted molar refractivity (Wildman–Crippen MR) is 92.5 cm³/mol. The first-order valence-electron chi connectivity index (χ1n) is 7.98. The molecule has 1 aliphatic rings. The van der Waals surface area contributed by atoms with Gasteiger partial charge < -0.3 is 10.1 Å². The Hall–Kier alpha value is -2.14. The van der Waals surface area contributed by atoms with E-state index in [9.17, 15) is 4.79 Å². The van der Waals surface area contributed by atoms with Crippen LogP contribution in [0.1, 0.15) is 41.9 Å². The van der Waals surface area contributed by atoms with E-state index < -0.39 is 5.54 Å². The molecular formula is C18H20ClN3O2. The van der Waals surface area contributed by atoms with E-state index in [1.165, 1.54) is 5.56 Å². The second-order valence-electron chi connectivity index (χ2n) is 6.62. The molecule has 0 radical (unpaired) electrons. The maximum absolute atomic E-state index is 12.5. The Morgan fingerprint density at radius 2 is 2.17 bits per heavy atom. The Morgan fingerprint density at radius 3 is 2.96 bits per heavy atom. The van der Waals surface area contributed by atoms with Gasteiger partial charge in [-0.25, -0.2) is 4.98 Å². The van der Waals surface area contributed by atoms with Crippen molar-refractivity contribution in [2.45, 2.75) is 38.6 Å². The monoisotopic (exact) mass is 345 g/mol. The number of hydrogen-bond acceptors (Lipinski definition) is 4. The van der Waals surface area contributed by atoms with Gasteiger partial charge in [0, 0.05) is 24.2 Å². The van der Waals surface area contributed by atoms with E-state index in [1.807, 2.05) is 19.9 Å². The summed E-state index contributed by atoms with van der Waals surface area (Å²) in [6.07, 6.45) is 6.35. The molecule has 0 aromatic carbocycles. The second-order valence-corrected chi connectivity index (χ2v) is 7.01. The Labute approximate surface area is 146 Å². The quantitative estimate of drug-likeness (QED) is 0.845. The topological polar surface area (TPSA) is 64.1 Å². The summed E-state index contributed by atoms with van der Waals surface area (Å²) in [6, 6.07) is 5.32. The number of aromatic nitrogens is 2. The number of halogens is 1. The molecule has 6 heteroatoms. The summed E-state index contributed by atoms with van der Waals surface area (Å²) in [6.45, 7) is 4.14. The number of carbonyl (C=O) groups is 1. The smallest absolute Gasteiger partial charge is 0.253 e. The molecule has 24 heavy (non-hydrogen) atoms. The van der Waals surface area contributed by atoms with Gasteiger partial charge in [-0.05, 0) is 50.8 Å². The van der Waals surface area contributed by atoms with Gasteiger partial charge in [-0.1, -0.05) is 11.6 Å². The average Bonchev–Trinajstić information content (AvgIpc) is 3.00. The zero-order chi connectivity index (χ0) is 17.2. The largest absolute Gasteiger partial charge is 0.491 e. The van der Waals surface area contributed by atoms with Gasteiger partial charge in [0.25, 0.3) is 5.91 Å². The van der Waals surface area contributed by atoms with Gasteiger partial charge in [0.15, 0.2) is 0 Å². The van der Waals surface area contributed by atoms with Gasteiger partial charge in [0.1, 0.15) is 17.5 Å². The molecule has 0 saturated carbocycles. The molecule has 0 unspecified atom stereocenters. The summed E-state index contributed by atoms with van der Waals surface area (Å²) < 4.78 is 5.71. The van der Waals surface area contributed by atoms with Crippen LogP contribution in [0.5, 0.6) is 5.75 Å². The number of amides is 1. The molecule has 1 aliphatic carbocycles. The Morgan fingerprint density at radius 1 is 1.33 bits per heavy atom. The van der Waals surface area contributed by atoms with Crippen molar-refractivity contribution in [3.63, 3.8) is 0 Å². The summed E-state index contributed by atoms with van der Waals surface area (Å²) in [5.41, 5.74) is 2.36. The van der Waals surface area contributed by atoms with Crippen molar-refractivity contribution in [3.8, 4) is 5.75 Å². The number of ether oxygens (including phenoxy) is 1. The Kier molecular flexibility index (Phi) is 4.71. The SMILES string of the molecule is CC(C)(COc1ccnc(Cl)c1)NC(=O)c1cnc2c(c1)CCC2. The molecule has 0 atom stereocenters. The first kappa shape index (κ1) is 16.7.